The van der Waals surface area contributed by atoms with Gasteiger partial charge in [0, 0.05) is 40.2 Å². The fraction of sp³-hybridized carbons (Fsp3) is 0.379. The van der Waals surface area contributed by atoms with Gasteiger partial charge < -0.3 is 15.0 Å². The lowest BCUT2D eigenvalue weighted by Gasteiger charge is -2.42. The minimum absolute atomic E-state index is 0.152. The number of hydrogen-bond donors (Lipinski definition) is 2. The molecule has 0 spiro atoms. The Morgan fingerprint density at radius 1 is 1.16 bits per heavy atom. The van der Waals surface area contributed by atoms with Gasteiger partial charge in [-0.15, -0.1) is 0 Å². The largest absolute Gasteiger partial charge is 0.489 e. The second-order valence-electron chi connectivity index (χ2n) is 10.3. The number of fused-ring (bicyclic) bond motifs is 1. The Morgan fingerprint density at radius 2 is 1.89 bits per heavy atom. The molecular weight excluding hydrogens is 498 g/mol. The Bertz CT molecular complexity index is 1470. The molecule has 9 heteroatoms. The molecule has 4 aromatic rings. The van der Waals surface area contributed by atoms with E-state index in [1.54, 1.807) is 12.1 Å². The molecular formula is C29H33N5O3S. The van der Waals surface area contributed by atoms with Gasteiger partial charge in [0.2, 0.25) is 0 Å². The highest BCUT2D eigenvalue weighted by Crippen LogP contribution is 2.35. The molecule has 1 aliphatic rings. The predicted molar refractivity (Wildman–Crippen MR) is 150 cm³/mol. The van der Waals surface area contributed by atoms with E-state index in [4.69, 9.17) is 4.74 Å². The summed E-state index contributed by atoms with van der Waals surface area (Å²) < 4.78 is 6.05. The lowest BCUT2D eigenvalue weighted by Crippen LogP contribution is -2.50. The summed E-state index contributed by atoms with van der Waals surface area (Å²) in [6.07, 6.45) is 1.67. The van der Waals surface area contributed by atoms with E-state index in [-0.39, 0.29) is 16.2 Å². The molecule has 1 saturated heterocycles. The zero-order valence-corrected chi connectivity index (χ0v) is 22.8. The fourth-order valence-electron chi connectivity index (χ4n) is 5.12. The van der Waals surface area contributed by atoms with Crippen LogP contribution in [0, 0.1) is 6.92 Å². The van der Waals surface area contributed by atoms with Crippen LogP contribution in [-0.2, 0) is 12.0 Å². The quantitative estimate of drug-likeness (QED) is 0.349. The molecule has 5 rings (SSSR count). The van der Waals surface area contributed by atoms with Crippen molar-refractivity contribution in [1.82, 2.24) is 25.4 Å². The second-order valence-corrected chi connectivity index (χ2v) is 11.2. The Kier molecular flexibility index (Phi) is 7.58. The van der Waals surface area contributed by atoms with Crippen LogP contribution in [0.4, 0.5) is 0 Å². The minimum Gasteiger partial charge on any atom is -0.489 e. The highest BCUT2D eigenvalue weighted by molar-refractivity contribution is 7.09. The van der Waals surface area contributed by atoms with Gasteiger partial charge in [-0.2, -0.15) is 5.10 Å². The van der Waals surface area contributed by atoms with Crippen LogP contribution in [0.25, 0.3) is 10.9 Å². The van der Waals surface area contributed by atoms with E-state index in [1.165, 1.54) is 0 Å². The second kappa shape index (κ2) is 11.0. The van der Waals surface area contributed by atoms with Gasteiger partial charge in [-0.3, -0.25) is 14.6 Å². The van der Waals surface area contributed by atoms with Crippen LogP contribution in [0.5, 0.6) is 5.75 Å². The number of nitrogens with zero attached hydrogens (tertiary/aromatic N) is 3. The smallest absolute Gasteiger partial charge is 0.322 e. The standard InChI is InChI=1S/C29H33N5O3S/c1-19(2)34-14-12-29(13-15-34,27-32-33-28(36)38-27)18-30-26(35)21-8-10-23(11-9-21)37-17-22-16-20(3)31-25-7-5-4-6-24(22)25/h4-11,16,19H,12-15,17-18H2,1-3H3,(H,30,35)(H,33,36). The van der Waals surface area contributed by atoms with E-state index in [0.717, 1.165) is 64.4 Å². The summed E-state index contributed by atoms with van der Waals surface area (Å²) in [5.74, 6) is 0.541. The number of carbonyl (C=O) groups is 1. The predicted octanol–water partition coefficient (Wildman–Crippen LogP) is 4.44. The minimum atomic E-state index is -0.348. The normalized spacial score (nSPS) is 15.6. The number of piperidine rings is 1. The van der Waals surface area contributed by atoms with E-state index >= 15 is 0 Å². The van der Waals surface area contributed by atoms with Gasteiger partial charge >= 0.3 is 4.87 Å². The van der Waals surface area contributed by atoms with Crippen LogP contribution in [0.1, 0.15) is 53.3 Å². The maximum atomic E-state index is 13.1. The maximum absolute atomic E-state index is 13.1. The first-order valence-electron chi connectivity index (χ1n) is 13.0. The molecule has 0 atom stereocenters. The van der Waals surface area contributed by atoms with E-state index in [9.17, 15) is 9.59 Å². The third-order valence-electron chi connectivity index (χ3n) is 7.41. The number of pyridine rings is 1. The molecule has 0 saturated carbocycles. The highest BCUT2D eigenvalue weighted by atomic mass is 32.1. The number of para-hydroxylation sites is 1. The number of rotatable bonds is 8. The van der Waals surface area contributed by atoms with Gasteiger partial charge in [-0.1, -0.05) is 29.5 Å². The van der Waals surface area contributed by atoms with Crippen LogP contribution in [0.2, 0.25) is 0 Å². The van der Waals surface area contributed by atoms with E-state index in [0.29, 0.717) is 30.5 Å². The third-order valence-corrected chi connectivity index (χ3v) is 8.40. The number of H-pyrrole nitrogens is 1. The van der Waals surface area contributed by atoms with Crippen LogP contribution in [-0.4, -0.2) is 51.7 Å². The molecule has 3 heterocycles. The van der Waals surface area contributed by atoms with E-state index in [1.807, 2.05) is 43.3 Å². The van der Waals surface area contributed by atoms with Crippen LogP contribution in [0.15, 0.2) is 59.4 Å². The van der Waals surface area contributed by atoms with Crippen molar-refractivity contribution in [3.8, 4) is 5.75 Å². The number of aromatic amines is 1. The molecule has 0 unspecified atom stereocenters. The van der Waals surface area contributed by atoms with Crippen molar-refractivity contribution in [3.63, 3.8) is 0 Å². The first-order valence-corrected chi connectivity index (χ1v) is 13.8. The van der Waals surface area contributed by atoms with Crippen molar-refractivity contribution >= 4 is 28.1 Å². The SMILES string of the molecule is Cc1cc(COc2ccc(C(=O)NCC3(c4n[nH]c(=O)s4)CCN(C(C)C)CC3)cc2)c2ccccc2n1. The monoisotopic (exact) mass is 531 g/mol. The number of amides is 1. The Hall–Kier alpha value is -3.56. The molecule has 2 aromatic carbocycles. The average molecular weight is 532 g/mol. The summed E-state index contributed by atoms with van der Waals surface area (Å²) in [7, 11) is 0. The number of nitrogens with one attached hydrogen (secondary N) is 2. The van der Waals surface area contributed by atoms with Gasteiger partial charge in [0.15, 0.2) is 0 Å². The summed E-state index contributed by atoms with van der Waals surface area (Å²) in [6, 6.07) is 17.7. The van der Waals surface area contributed by atoms with Crippen molar-refractivity contribution in [2.24, 2.45) is 0 Å². The fourth-order valence-corrected chi connectivity index (χ4v) is 5.97. The molecule has 1 amide bonds. The molecule has 2 N–H and O–H groups in total. The van der Waals surface area contributed by atoms with Gasteiger partial charge in [0.1, 0.15) is 17.4 Å². The van der Waals surface area contributed by atoms with Crippen molar-refractivity contribution in [2.75, 3.05) is 19.6 Å². The molecule has 1 fully saturated rings. The van der Waals surface area contributed by atoms with Crippen molar-refractivity contribution < 1.29 is 9.53 Å². The van der Waals surface area contributed by atoms with Crippen molar-refractivity contribution in [1.29, 1.82) is 0 Å². The highest BCUT2D eigenvalue weighted by Gasteiger charge is 2.40. The Labute approximate surface area is 226 Å². The first-order chi connectivity index (χ1) is 18.3. The molecule has 198 valence electrons. The Morgan fingerprint density at radius 3 is 2.58 bits per heavy atom. The summed E-state index contributed by atoms with van der Waals surface area (Å²) in [5, 5.41) is 11.8. The van der Waals surface area contributed by atoms with Gasteiger partial charge in [-0.05, 0) is 83.1 Å². The number of hydrogen-bond acceptors (Lipinski definition) is 7. The lowest BCUT2D eigenvalue weighted by atomic mass is 9.78. The van der Waals surface area contributed by atoms with E-state index < -0.39 is 0 Å². The number of aromatic nitrogens is 3. The molecule has 38 heavy (non-hydrogen) atoms. The number of benzene rings is 2. The summed E-state index contributed by atoms with van der Waals surface area (Å²) in [5.41, 5.74) is 3.19. The topological polar surface area (TPSA) is 100 Å². The number of ether oxygens (including phenoxy) is 1. The van der Waals surface area contributed by atoms with E-state index in [2.05, 4.69) is 45.3 Å². The number of aryl methyl sites for hydroxylation is 1. The lowest BCUT2D eigenvalue weighted by molar-refractivity contribution is 0.0906. The number of likely N-dealkylation sites (tertiary alicyclic amines) is 1. The summed E-state index contributed by atoms with van der Waals surface area (Å²) in [4.78, 5) is 31.8. The molecule has 0 radical (unpaired) electrons. The van der Waals surface area contributed by atoms with Crippen molar-refractivity contribution in [2.45, 2.75) is 51.7 Å². The maximum Gasteiger partial charge on any atom is 0.322 e. The molecule has 1 aliphatic heterocycles. The molecule has 0 bridgehead atoms. The van der Waals surface area contributed by atoms with Gasteiger partial charge in [0.25, 0.3) is 5.91 Å². The van der Waals surface area contributed by atoms with Crippen LogP contribution < -0.4 is 14.9 Å². The van der Waals surface area contributed by atoms with Gasteiger partial charge in [0.05, 0.1) is 5.52 Å². The average Bonchev–Trinajstić information content (AvgIpc) is 3.37. The summed E-state index contributed by atoms with van der Waals surface area (Å²) in [6.45, 7) is 9.01. The molecule has 2 aromatic heterocycles. The molecule has 8 nitrogen and oxygen atoms in total. The van der Waals surface area contributed by atoms with Crippen molar-refractivity contribution in [3.05, 3.63) is 86.1 Å². The zero-order valence-electron chi connectivity index (χ0n) is 22.0. The third kappa shape index (κ3) is 5.63. The zero-order chi connectivity index (χ0) is 26.7. The summed E-state index contributed by atoms with van der Waals surface area (Å²) >= 11 is 1.14. The first kappa shape index (κ1) is 26.1. The number of carbonyl (C=O) groups excluding carboxylic acids is 1. The van der Waals surface area contributed by atoms with Crippen LogP contribution >= 0.6 is 11.3 Å². The van der Waals surface area contributed by atoms with Gasteiger partial charge in [-0.25, -0.2) is 5.10 Å². The van der Waals surface area contributed by atoms with Crippen LogP contribution in [0.3, 0.4) is 0 Å². The Balaban J connectivity index is 1.23. The molecule has 0 aliphatic carbocycles.